The predicted octanol–water partition coefficient (Wildman–Crippen LogP) is 3.40. The van der Waals surface area contributed by atoms with E-state index in [-0.39, 0.29) is 6.23 Å². The van der Waals surface area contributed by atoms with Gasteiger partial charge >= 0.3 is 0 Å². The second-order valence-electron chi connectivity index (χ2n) is 5.16. The van der Waals surface area contributed by atoms with E-state index in [1.54, 1.807) is 0 Å². The van der Waals surface area contributed by atoms with E-state index in [0.717, 1.165) is 18.7 Å². The summed E-state index contributed by atoms with van der Waals surface area (Å²) in [7, 11) is 2.04. The molecule has 0 fully saturated rings. The van der Waals surface area contributed by atoms with Crippen LogP contribution in [0.3, 0.4) is 0 Å². The van der Waals surface area contributed by atoms with Crippen LogP contribution in [0.1, 0.15) is 30.0 Å². The Bertz CT molecular complexity index is 499. The van der Waals surface area contributed by atoms with E-state index in [2.05, 4.69) is 48.3 Å². The molecule has 0 saturated carbocycles. The average Bonchev–Trinajstić information content (AvgIpc) is 2.40. The smallest absolute Gasteiger partial charge is 0.133 e. The van der Waals surface area contributed by atoms with Gasteiger partial charge in [-0.15, -0.1) is 0 Å². The summed E-state index contributed by atoms with van der Waals surface area (Å²) >= 11 is 0. The molecule has 1 aliphatic rings. The highest BCUT2D eigenvalue weighted by Gasteiger charge is 2.14. The summed E-state index contributed by atoms with van der Waals surface area (Å²) in [5.74, 6) is 0. The third kappa shape index (κ3) is 3.23. The molecule has 1 aromatic carbocycles. The highest BCUT2D eigenvalue weighted by atomic mass is 16.5. The monoisotopic (exact) mass is 272 g/mol. The van der Waals surface area contributed by atoms with E-state index >= 15 is 0 Å². The predicted molar refractivity (Wildman–Crippen MR) is 84.0 cm³/mol. The number of ether oxygens (including phenoxy) is 1. The quantitative estimate of drug-likeness (QED) is 0.912. The van der Waals surface area contributed by atoms with Crippen LogP contribution < -0.4 is 5.32 Å². The number of benzene rings is 1. The Hall–Kier alpha value is -1.74. The first-order valence-electron chi connectivity index (χ1n) is 7.17. The highest BCUT2D eigenvalue weighted by molar-refractivity contribution is 5.70. The first-order chi connectivity index (χ1) is 9.63. The van der Waals surface area contributed by atoms with Gasteiger partial charge in [-0.05, 0) is 31.9 Å². The van der Waals surface area contributed by atoms with E-state index in [4.69, 9.17) is 4.74 Å². The van der Waals surface area contributed by atoms with Crippen molar-refractivity contribution in [2.45, 2.75) is 33.4 Å². The lowest BCUT2D eigenvalue weighted by atomic mass is 9.99. The van der Waals surface area contributed by atoms with Crippen LogP contribution in [0.5, 0.6) is 0 Å². The van der Waals surface area contributed by atoms with Crippen LogP contribution in [0.15, 0.2) is 36.7 Å². The number of nitrogens with one attached hydrogen (secondary N) is 1. The van der Waals surface area contributed by atoms with Crippen molar-refractivity contribution in [3.05, 3.63) is 53.4 Å². The molecule has 0 amide bonds. The minimum absolute atomic E-state index is 0.0951. The Morgan fingerprint density at radius 1 is 1.30 bits per heavy atom. The Morgan fingerprint density at radius 2 is 2.00 bits per heavy atom. The topological polar surface area (TPSA) is 24.5 Å². The Kier molecular flexibility index (Phi) is 4.85. The normalized spacial score (nSPS) is 23.3. The maximum absolute atomic E-state index is 5.78. The number of nitrogens with zero attached hydrogens (tertiary/aromatic N) is 1. The van der Waals surface area contributed by atoms with Gasteiger partial charge in [0.15, 0.2) is 0 Å². The van der Waals surface area contributed by atoms with Crippen molar-refractivity contribution in [2.24, 2.45) is 0 Å². The van der Waals surface area contributed by atoms with Crippen LogP contribution in [0, 0.1) is 13.8 Å². The number of hydrogen-bond donors (Lipinski definition) is 1. The fourth-order valence-electron chi connectivity index (χ4n) is 2.58. The van der Waals surface area contributed by atoms with Crippen molar-refractivity contribution in [3.8, 4) is 0 Å². The SMILES string of the molecule is CCOC1C/C=C(/c2c(C)cccc2C)N/C=C\N1C. The molecule has 0 saturated heterocycles. The number of aryl methyl sites for hydroxylation is 2. The molecule has 1 N–H and O–H groups in total. The van der Waals surface area contributed by atoms with Gasteiger partial charge in [-0.3, -0.25) is 0 Å². The minimum Gasteiger partial charge on any atom is -0.360 e. The van der Waals surface area contributed by atoms with Gasteiger partial charge in [0.05, 0.1) is 0 Å². The fourth-order valence-corrected chi connectivity index (χ4v) is 2.58. The molecular weight excluding hydrogens is 248 g/mol. The fraction of sp³-hybridized carbons (Fsp3) is 0.412. The average molecular weight is 272 g/mol. The maximum Gasteiger partial charge on any atom is 0.133 e. The van der Waals surface area contributed by atoms with Crippen LogP contribution in [-0.2, 0) is 4.74 Å². The van der Waals surface area contributed by atoms with Crippen molar-refractivity contribution in [3.63, 3.8) is 0 Å². The van der Waals surface area contributed by atoms with Crippen LogP contribution in [0.2, 0.25) is 0 Å². The summed E-state index contributed by atoms with van der Waals surface area (Å²) in [6, 6.07) is 6.41. The molecule has 3 heteroatoms. The zero-order valence-electron chi connectivity index (χ0n) is 12.8. The largest absolute Gasteiger partial charge is 0.360 e. The lowest BCUT2D eigenvalue weighted by Crippen LogP contribution is -2.31. The van der Waals surface area contributed by atoms with Gasteiger partial charge in [-0.25, -0.2) is 0 Å². The van der Waals surface area contributed by atoms with Gasteiger partial charge in [0, 0.05) is 43.7 Å². The van der Waals surface area contributed by atoms with Gasteiger partial charge in [-0.1, -0.05) is 24.3 Å². The zero-order chi connectivity index (χ0) is 14.5. The molecule has 0 radical (unpaired) electrons. The molecule has 0 aliphatic carbocycles. The molecule has 0 spiro atoms. The molecule has 1 unspecified atom stereocenters. The summed E-state index contributed by atoms with van der Waals surface area (Å²) in [5, 5.41) is 3.40. The first kappa shape index (κ1) is 14.7. The van der Waals surface area contributed by atoms with Crippen molar-refractivity contribution in [2.75, 3.05) is 13.7 Å². The summed E-state index contributed by atoms with van der Waals surface area (Å²) in [5.41, 5.74) is 5.03. The molecule has 1 aromatic rings. The second-order valence-corrected chi connectivity index (χ2v) is 5.16. The van der Waals surface area contributed by atoms with Crippen LogP contribution in [0.25, 0.3) is 5.70 Å². The molecule has 108 valence electrons. The lowest BCUT2D eigenvalue weighted by molar-refractivity contribution is -0.0175. The van der Waals surface area contributed by atoms with Gasteiger partial charge in [0.2, 0.25) is 0 Å². The molecular formula is C17H24N2O. The molecule has 20 heavy (non-hydrogen) atoms. The maximum atomic E-state index is 5.78. The van der Waals surface area contributed by atoms with Gasteiger partial charge < -0.3 is 15.0 Å². The Labute approximate surface area is 121 Å². The molecule has 1 heterocycles. The molecule has 1 atom stereocenters. The third-order valence-corrected chi connectivity index (χ3v) is 3.64. The van der Waals surface area contributed by atoms with Gasteiger partial charge in [0.1, 0.15) is 6.23 Å². The molecule has 0 bridgehead atoms. The molecule has 1 aliphatic heterocycles. The van der Waals surface area contributed by atoms with Crippen molar-refractivity contribution >= 4 is 5.70 Å². The van der Waals surface area contributed by atoms with E-state index in [0.29, 0.717) is 0 Å². The van der Waals surface area contributed by atoms with Crippen molar-refractivity contribution < 1.29 is 4.74 Å². The lowest BCUT2D eigenvalue weighted by Gasteiger charge is -2.28. The zero-order valence-corrected chi connectivity index (χ0v) is 12.8. The summed E-state index contributed by atoms with van der Waals surface area (Å²) in [6.45, 7) is 7.06. The standard InChI is InChI=1S/C17H24N2O/c1-5-20-16-10-9-15(18-11-12-19(16)4)17-13(2)7-6-8-14(17)3/h6-9,11-12,16,18H,5,10H2,1-4H3/b12-11-,15-9-. The van der Waals surface area contributed by atoms with Crippen LogP contribution >= 0.6 is 0 Å². The molecule has 3 nitrogen and oxygen atoms in total. The van der Waals surface area contributed by atoms with Crippen molar-refractivity contribution in [1.29, 1.82) is 0 Å². The van der Waals surface area contributed by atoms with E-state index < -0.39 is 0 Å². The highest BCUT2D eigenvalue weighted by Crippen LogP contribution is 2.23. The number of rotatable bonds is 3. The Balaban J connectivity index is 2.30. The second kappa shape index (κ2) is 6.62. The third-order valence-electron chi connectivity index (χ3n) is 3.64. The van der Waals surface area contributed by atoms with E-state index in [1.807, 2.05) is 26.4 Å². The van der Waals surface area contributed by atoms with Gasteiger partial charge in [-0.2, -0.15) is 0 Å². The first-order valence-corrected chi connectivity index (χ1v) is 7.17. The van der Waals surface area contributed by atoms with Gasteiger partial charge in [0.25, 0.3) is 0 Å². The number of hydrogen-bond acceptors (Lipinski definition) is 3. The summed E-state index contributed by atoms with van der Waals surface area (Å²) < 4.78 is 5.78. The van der Waals surface area contributed by atoms with E-state index in [9.17, 15) is 0 Å². The Morgan fingerprint density at radius 3 is 2.65 bits per heavy atom. The molecule has 2 rings (SSSR count). The summed E-state index contributed by atoms with van der Waals surface area (Å²) in [6.07, 6.45) is 7.20. The van der Waals surface area contributed by atoms with E-state index in [1.165, 1.54) is 16.7 Å². The van der Waals surface area contributed by atoms with Crippen LogP contribution in [0.4, 0.5) is 0 Å². The van der Waals surface area contributed by atoms with Crippen molar-refractivity contribution in [1.82, 2.24) is 10.2 Å². The molecule has 0 aromatic heterocycles. The minimum atomic E-state index is 0.0951. The van der Waals surface area contributed by atoms with Crippen LogP contribution in [-0.4, -0.2) is 24.8 Å². The summed E-state index contributed by atoms with van der Waals surface area (Å²) in [4.78, 5) is 2.09.